The zero-order valence-electron chi connectivity index (χ0n) is 12.4. The molecular formula is C13H19NO5S2. The van der Waals surface area contributed by atoms with Crippen molar-refractivity contribution in [1.29, 1.82) is 0 Å². The molecule has 1 aromatic heterocycles. The number of nitrogens with one attached hydrogen (secondary N) is 1. The molecule has 0 aromatic carbocycles. The highest BCUT2D eigenvalue weighted by Gasteiger charge is 2.25. The van der Waals surface area contributed by atoms with E-state index in [2.05, 4.69) is 5.32 Å². The highest BCUT2D eigenvalue weighted by molar-refractivity contribution is 7.92. The summed E-state index contributed by atoms with van der Waals surface area (Å²) in [6, 6.07) is 0. The van der Waals surface area contributed by atoms with Gasteiger partial charge in [0.05, 0.1) is 10.8 Å². The first-order valence-electron chi connectivity index (χ1n) is 6.47. The molecule has 0 radical (unpaired) electrons. The molecule has 0 bridgehead atoms. The van der Waals surface area contributed by atoms with Crippen molar-refractivity contribution in [3.05, 3.63) is 16.0 Å². The molecule has 1 amide bonds. The van der Waals surface area contributed by atoms with Crippen molar-refractivity contribution in [3.8, 4) is 0 Å². The highest BCUT2D eigenvalue weighted by Crippen LogP contribution is 2.33. The van der Waals surface area contributed by atoms with Crippen LogP contribution >= 0.6 is 11.3 Å². The standard InChI is InChI=1S/C13H19NO5S2/c1-5-9-8(4)20-12(11(9)13(16)17)14-10(15)6-21(18,19)7(2)3/h7H,5-6H2,1-4H3,(H,14,15)(H,16,17). The Morgan fingerprint density at radius 2 is 1.90 bits per heavy atom. The molecule has 0 unspecified atom stereocenters. The number of anilines is 1. The summed E-state index contributed by atoms with van der Waals surface area (Å²) < 4.78 is 23.4. The lowest BCUT2D eigenvalue weighted by Gasteiger charge is -2.08. The first-order chi connectivity index (χ1) is 9.60. The van der Waals surface area contributed by atoms with Gasteiger partial charge in [0.1, 0.15) is 10.8 Å². The van der Waals surface area contributed by atoms with E-state index >= 15 is 0 Å². The predicted molar refractivity (Wildman–Crippen MR) is 82.9 cm³/mol. The van der Waals surface area contributed by atoms with Crippen molar-refractivity contribution in [2.24, 2.45) is 0 Å². The SMILES string of the molecule is CCc1c(C)sc(NC(=O)CS(=O)(=O)C(C)C)c1C(=O)O. The summed E-state index contributed by atoms with van der Waals surface area (Å²) >= 11 is 1.15. The Morgan fingerprint density at radius 3 is 2.33 bits per heavy atom. The van der Waals surface area contributed by atoms with Gasteiger partial charge >= 0.3 is 5.97 Å². The summed E-state index contributed by atoms with van der Waals surface area (Å²) in [7, 11) is -3.51. The van der Waals surface area contributed by atoms with Crippen molar-refractivity contribution in [2.75, 3.05) is 11.1 Å². The van der Waals surface area contributed by atoms with Gasteiger partial charge in [-0.05, 0) is 32.8 Å². The Bertz CT molecular complexity index is 658. The second-order valence-corrected chi connectivity index (χ2v) is 8.69. The Balaban J connectivity index is 3.04. The lowest BCUT2D eigenvalue weighted by atomic mass is 10.1. The molecule has 21 heavy (non-hydrogen) atoms. The maximum absolute atomic E-state index is 11.8. The number of carboxylic acids is 1. The molecule has 0 atom stereocenters. The molecule has 118 valence electrons. The fraction of sp³-hybridized carbons (Fsp3) is 0.538. The maximum Gasteiger partial charge on any atom is 0.339 e. The van der Waals surface area contributed by atoms with Gasteiger partial charge in [0.25, 0.3) is 0 Å². The number of thiophene rings is 1. The van der Waals surface area contributed by atoms with Crippen LogP contribution in [-0.2, 0) is 21.1 Å². The molecule has 0 aliphatic rings. The van der Waals surface area contributed by atoms with Crippen LogP contribution in [0, 0.1) is 6.92 Å². The fourth-order valence-corrected chi connectivity index (χ4v) is 3.76. The molecule has 0 saturated carbocycles. The minimum absolute atomic E-state index is 0.0512. The van der Waals surface area contributed by atoms with Crippen LogP contribution in [-0.4, -0.2) is 36.4 Å². The van der Waals surface area contributed by atoms with E-state index in [9.17, 15) is 23.1 Å². The molecule has 8 heteroatoms. The second kappa shape index (κ2) is 6.57. The number of hydrogen-bond acceptors (Lipinski definition) is 5. The summed E-state index contributed by atoms with van der Waals surface area (Å²) in [6.45, 7) is 6.60. The van der Waals surface area contributed by atoms with E-state index in [1.165, 1.54) is 13.8 Å². The van der Waals surface area contributed by atoms with Gasteiger partial charge in [-0.25, -0.2) is 13.2 Å². The van der Waals surface area contributed by atoms with Gasteiger partial charge in [0.2, 0.25) is 5.91 Å². The first kappa shape index (κ1) is 17.6. The van der Waals surface area contributed by atoms with E-state index in [1.807, 2.05) is 6.92 Å². The summed E-state index contributed by atoms with van der Waals surface area (Å²) in [5.74, 6) is -2.49. The number of carboxylic acid groups (broad SMARTS) is 1. The zero-order chi connectivity index (χ0) is 16.4. The fourth-order valence-electron chi connectivity index (χ4n) is 1.83. The molecule has 0 aliphatic heterocycles. The summed E-state index contributed by atoms with van der Waals surface area (Å²) in [4.78, 5) is 24.0. The van der Waals surface area contributed by atoms with Gasteiger partial charge in [0.15, 0.2) is 9.84 Å². The van der Waals surface area contributed by atoms with Crippen molar-refractivity contribution < 1.29 is 23.1 Å². The van der Waals surface area contributed by atoms with E-state index in [-0.39, 0.29) is 10.6 Å². The Labute approximate surface area is 128 Å². The molecular weight excluding hydrogens is 314 g/mol. The number of amides is 1. The number of carbonyl (C=O) groups excluding carboxylic acids is 1. The molecule has 6 nitrogen and oxygen atoms in total. The molecule has 2 N–H and O–H groups in total. The molecule has 0 aliphatic carbocycles. The van der Waals surface area contributed by atoms with Crippen LogP contribution in [0.15, 0.2) is 0 Å². The van der Waals surface area contributed by atoms with Crippen LogP contribution in [0.3, 0.4) is 0 Å². The van der Waals surface area contributed by atoms with Gasteiger partial charge in [-0.3, -0.25) is 4.79 Å². The number of sulfone groups is 1. The lowest BCUT2D eigenvalue weighted by Crippen LogP contribution is -2.28. The van der Waals surface area contributed by atoms with Gasteiger partial charge in [-0.1, -0.05) is 6.92 Å². The minimum atomic E-state index is -3.51. The second-order valence-electron chi connectivity index (χ2n) is 4.90. The number of aromatic carboxylic acids is 1. The molecule has 0 fully saturated rings. The topological polar surface area (TPSA) is 101 Å². The van der Waals surface area contributed by atoms with Crippen LogP contribution < -0.4 is 5.32 Å². The molecule has 0 spiro atoms. The minimum Gasteiger partial charge on any atom is -0.478 e. The number of aryl methyl sites for hydroxylation is 1. The highest BCUT2D eigenvalue weighted by atomic mass is 32.2. The van der Waals surface area contributed by atoms with Gasteiger partial charge in [-0.2, -0.15) is 0 Å². The molecule has 0 saturated heterocycles. The van der Waals surface area contributed by atoms with Crippen LogP contribution in [0.2, 0.25) is 0 Å². The largest absolute Gasteiger partial charge is 0.478 e. The number of rotatable bonds is 6. The van der Waals surface area contributed by atoms with E-state index in [0.29, 0.717) is 12.0 Å². The van der Waals surface area contributed by atoms with Crippen molar-refractivity contribution in [3.63, 3.8) is 0 Å². The van der Waals surface area contributed by atoms with Crippen LogP contribution in [0.5, 0.6) is 0 Å². The average molecular weight is 333 g/mol. The van der Waals surface area contributed by atoms with E-state index < -0.39 is 32.7 Å². The third-order valence-corrected chi connectivity index (χ3v) is 6.24. The summed E-state index contributed by atoms with van der Waals surface area (Å²) in [5, 5.41) is 11.2. The molecule has 1 heterocycles. The third kappa shape index (κ3) is 4.04. The van der Waals surface area contributed by atoms with Crippen LogP contribution in [0.4, 0.5) is 5.00 Å². The van der Waals surface area contributed by atoms with Gasteiger partial charge < -0.3 is 10.4 Å². The zero-order valence-corrected chi connectivity index (χ0v) is 14.0. The quantitative estimate of drug-likeness (QED) is 0.830. The maximum atomic E-state index is 11.8. The number of carbonyl (C=O) groups is 2. The molecule has 1 rings (SSSR count). The van der Waals surface area contributed by atoms with Crippen molar-refractivity contribution >= 4 is 38.1 Å². The summed E-state index contributed by atoms with van der Waals surface area (Å²) in [5.41, 5.74) is 0.713. The first-order valence-corrected chi connectivity index (χ1v) is 9.00. The Morgan fingerprint density at radius 1 is 1.33 bits per heavy atom. The van der Waals surface area contributed by atoms with Crippen molar-refractivity contribution in [1.82, 2.24) is 0 Å². The average Bonchev–Trinajstić information content (AvgIpc) is 2.63. The van der Waals surface area contributed by atoms with Gasteiger partial charge in [-0.15, -0.1) is 11.3 Å². The Kier molecular flexibility index (Phi) is 5.52. The summed E-state index contributed by atoms with van der Waals surface area (Å²) in [6.07, 6.45) is 0.532. The van der Waals surface area contributed by atoms with Crippen LogP contribution in [0.25, 0.3) is 0 Å². The van der Waals surface area contributed by atoms with Gasteiger partial charge in [0, 0.05) is 4.88 Å². The smallest absolute Gasteiger partial charge is 0.339 e. The Hall–Kier alpha value is -1.41. The van der Waals surface area contributed by atoms with Crippen LogP contribution in [0.1, 0.15) is 41.6 Å². The van der Waals surface area contributed by atoms with E-state index in [4.69, 9.17) is 0 Å². The number of hydrogen-bond donors (Lipinski definition) is 2. The van der Waals surface area contributed by atoms with E-state index in [0.717, 1.165) is 16.2 Å². The molecule has 1 aromatic rings. The predicted octanol–water partition coefficient (Wildman–Crippen LogP) is 2.08. The van der Waals surface area contributed by atoms with E-state index in [1.54, 1.807) is 6.92 Å². The normalized spacial score (nSPS) is 11.7. The lowest BCUT2D eigenvalue weighted by molar-refractivity contribution is -0.113. The third-order valence-electron chi connectivity index (χ3n) is 3.08. The monoisotopic (exact) mass is 333 g/mol. The van der Waals surface area contributed by atoms with Crippen molar-refractivity contribution in [2.45, 2.75) is 39.4 Å².